The Morgan fingerprint density at radius 3 is 2.29 bits per heavy atom. The number of ether oxygens (including phenoxy) is 4. The Labute approximate surface area is 220 Å². The fourth-order valence-corrected chi connectivity index (χ4v) is 3.76. The molecule has 0 aliphatic carbocycles. The van der Waals surface area contributed by atoms with E-state index in [1.54, 1.807) is 48.5 Å². The van der Waals surface area contributed by atoms with Crippen molar-refractivity contribution in [3.8, 4) is 23.0 Å². The molecule has 0 fully saturated rings. The molecule has 0 aromatic heterocycles. The molecular weight excluding hydrogens is 484 g/mol. The molecular formula is C30H28N2O6. The van der Waals surface area contributed by atoms with Crippen LogP contribution >= 0.6 is 0 Å². The van der Waals surface area contributed by atoms with Crippen LogP contribution in [0.25, 0.3) is 10.8 Å². The maximum Gasteiger partial charge on any atom is 0.343 e. The monoisotopic (exact) mass is 512 g/mol. The lowest BCUT2D eigenvalue weighted by atomic mass is 10.0. The number of hydrazone groups is 1. The van der Waals surface area contributed by atoms with Crippen LogP contribution in [0.5, 0.6) is 23.0 Å². The molecule has 4 aromatic rings. The molecule has 0 saturated carbocycles. The summed E-state index contributed by atoms with van der Waals surface area (Å²) in [5.41, 5.74) is 3.80. The average molecular weight is 513 g/mol. The number of esters is 1. The fourth-order valence-electron chi connectivity index (χ4n) is 3.76. The minimum Gasteiger partial charge on any atom is -0.494 e. The Hall–Kier alpha value is -4.85. The SMILES string of the molecule is CCCOc1ccc(C(=O)N/N=C/c2c(OC(=O)c3ccc(OC)c(OC)c3)ccc3ccccc23)cc1. The molecule has 0 radical (unpaired) electrons. The lowest BCUT2D eigenvalue weighted by Crippen LogP contribution is -2.17. The number of amides is 1. The van der Waals surface area contributed by atoms with E-state index in [1.807, 2.05) is 37.3 Å². The van der Waals surface area contributed by atoms with Gasteiger partial charge in [0.1, 0.15) is 11.5 Å². The Kier molecular flexibility index (Phi) is 8.56. The smallest absolute Gasteiger partial charge is 0.343 e. The summed E-state index contributed by atoms with van der Waals surface area (Å²) < 4.78 is 21.8. The summed E-state index contributed by atoms with van der Waals surface area (Å²) in [6, 6.07) is 22.8. The Bertz CT molecular complexity index is 1460. The van der Waals surface area contributed by atoms with E-state index in [2.05, 4.69) is 10.5 Å². The molecule has 8 heteroatoms. The first-order valence-electron chi connectivity index (χ1n) is 12.1. The van der Waals surface area contributed by atoms with Crippen LogP contribution in [0.4, 0.5) is 0 Å². The number of carbonyl (C=O) groups is 2. The van der Waals surface area contributed by atoms with Crippen molar-refractivity contribution in [2.24, 2.45) is 5.10 Å². The van der Waals surface area contributed by atoms with Gasteiger partial charge < -0.3 is 18.9 Å². The minimum atomic E-state index is -0.578. The minimum absolute atomic E-state index is 0.290. The van der Waals surface area contributed by atoms with E-state index in [9.17, 15) is 9.59 Å². The third-order valence-electron chi connectivity index (χ3n) is 5.70. The second-order valence-electron chi connectivity index (χ2n) is 8.23. The third-order valence-corrected chi connectivity index (χ3v) is 5.70. The first-order valence-corrected chi connectivity index (χ1v) is 12.1. The zero-order valence-corrected chi connectivity index (χ0v) is 21.4. The molecule has 0 aliphatic heterocycles. The van der Waals surface area contributed by atoms with Gasteiger partial charge in [0.05, 0.1) is 32.6 Å². The zero-order chi connectivity index (χ0) is 26.9. The van der Waals surface area contributed by atoms with Crippen LogP contribution in [0.2, 0.25) is 0 Å². The first kappa shape index (κ1) is 26.2. The quantitative estimate of drug-likeness (QED) is 0.128. The zero-order valence-electron chi connectivity index (χ0n) is 21.4. The van der Waals surface area contributed by atoms with E-state index in [4.69, 9.17) is 18.9 Å². The molecule has 0 aliphatic rings. The highest BCUT2D eigenvalue weighted by atomic mass is 16.5. The van der Waals surface area contributed by atoms with Gasteiger partial charge in [-0.3, -0.25) is 4.79 Å². The highest BCUT2D eigenvalue weighted by Crippen LogP contribution is 2.30. The predicted octanol–water partition coefficient (Wildman–Crippen LogP) is 5.63. The number of nitrogens with one attached hydrogen (secondary N) is 1. The van der Waals surface area contributed by atoms with Crippen molar-refractivity contribution >= 4 is 28.9 Å². The highest BCUT2D eigenvalue weighted by molar-refractivity contribution is 6.04. The Balaban J connectivity index is 1.56. The lowest BCUT2D eigenvalue weighted by molar-refractivity contribution is 0.0734. The molecule has 1 N–H and O–H groups in total. The number of fused-ring (bicyclic) bond motifs is 1. The van der Waals surface area contributed by atoms with E-state index in [1.165, 1.54) is 20.4 Å². The van der Waals surface area contributed by atoms with Gasteiger partial charge in [-0.2, -0.15) is 5.10 Å². The number of carbonyl (C=O) groups excluding carboxylic acids is 2. The largest absolute Gasteiger partial charge is 0.494 e. The van der Waals surface area contributed by atoms with Gasteiger partial charge >= 0.3 is 5.97 Å². The van der Waals surface area contributed by atoms with Gasteiger partial charge in [0.25, 0.3) is 5.91 Å². The van der Waals surface area contributed by atoms with Crippen molar-refractivity contribution in [2.45, 2.75) is 13.3 Å². The van der Waals surface area contributed by atoms with E-state index in [0.29, 0.717) is 46.3 Å². The molecule has 194 valence electrons. The van der Waals surface area contributed by atoms with Crippen LogP contribution in [-0.2, 0) is 0 Å². The second-order valence-corrected chi connectivity index (χ2v) is 8.23. The van der Waals surface area contributed by atoms with E-state index in [0.717, 1.165) is 17.2 Å². The first-order chi connectivity index (χ1) is 18.5. The summed E-state index contributed by atoms with van der Waals surface area (Å²) in [7, 11) is 3.01. The topological polar surface area (TPSA) is 95.5 Å². The molecule has 8 nitrogen and oxygen atoms in total. The number of hydrogen-bond donors (Lipinski definition) is 1. The fraction of sp³-hybridized carbons (Fsp3) is 0.167. The highest BCUT2D eigenvalue weighted by Gasteiger charge is 2.16. The molecule has 0 bridgehead atoms. The van der Waals surface area contributed by atoms with Crippen LogP contribution < -0.4 is 24.4 Å². The molecule has 0 heterocycles. The van der Waals surface area contributed by atoms with Gasteiger partial charge in [-0.1, -0.05) is 37.3 Å². The van der Waals surface area contributed by atoms with Gasteiger partial charge in [0.2, 0.25) is 0 Å². The van der Waals surface area contributed by atoms with Crippen molar-refractivity contribution in [1.29, 1.82) is 0 Å². The number of rotatable bonds is 10. The maximum atomic E-state index is 13.0. The van der Waals surface area contributed by atoms with E-state index < -0.39 is 5.97 Å². The van der Waals surface area contributed by atoms with Crippen LogP contribution in [0.3, 0.4) is 0 Å². The molecule has 0 spiro atoms. The molecule has 4 rings (SSSR count). The molecule has 4 aromatic carbocycles. The van der Waals surface area contributed by atoms with Crippen molar-refractivity contribution in [3.05, 3.63) is 95.6 Å². The van der Waals surface area contributed by atoms with Crippen molar-refractivity contribution in [1.82, 2.24) is 5.43 Å². The van der Waals surface area contributed by atoms with Crippen molar-refractivity contribution in [2.75, 3.05) is 20.8 Å². The van der Waals surface area contributed by atoms with Crippen LogP contribution in [0, 0.1) is 0 Å². The molecule has 38 heavy (non-hydrogen) atoms. The van der Waals surface area contributed by atoms with Crippen molar-refractivity contribution in [3.63, 3.8) is 0 Å². The number of nitrogens with zero attached hydrogens (tertiary/aromatic N) is 1. The average Bonchev–Trinajstić information content (AvgIpc) is 2.96. The van der Waals surface area contributed by atoms with Crippen molar-refractivity contribution < 1.29 is 28.5 Å². The normalized spacial score (nSPS) is 10.8. The third kappa shape index (κ3) is 6.10. The summed E-state index contributed by atoms with van der Waals surface area (Å²) in [5.74, 6) is 0.941. The summed E-state index contributed by atoms with van der Waals surface area (Å²) in [5, 5.41) is 5.88. The van der Waals surface area contributed by atoms with Crippen LogP contribution in [-0.4, -0.2) is 38.9 Å². The summed E-state index contributed by atoms with van der Waals surface area (Å²) in [4.78, 5) is 25.6. The second kappa shape index (κ2) is 12.4. The molecule has 0 saturated heterocycles. The predicted molar refractivity (Wildman–Crippen MR) is 146 cm³/mol. The number of hydrogen-bond acceptors (Lipinski definition) is 7. The number of benzene rings is 4. The van der Waals surface area contributed by atoms with Gasteiger partial charge in [-0.05, 0) is 65.7 Å². The Morgan fingerprint density at radius 2 is 1.55 bits per heavy atom. The van der Waals surface area contributed by atoms with Gasteiger partial charge in [0, 0.05) is 11.1 Å². The van der Waals surface area contributed by atoms with Gasteiger partial charge in [0.15, 0.2) is 11.5 Å². The standard InChI is InChI=1S/C30H28N2O6/c1-4-17-37-23-13-9-21(10-14-23)29(33)32-31-19-25-24-8-6-5-7-20(24)11-15-26(25)38-30(34)22-12-16-27(35-2)28(18-22)36-3/h5-16,18-19H,4,17H2,1-3H3,(H,32,33)/b31-19+. The Morgan fingerprint density at radius 1 is 0.842 bits per heavy atom. The maximum absolute atomic E-state index is 13.0. The molecule has 0 atom stereocenters. The van der Waals surface area contributed by atoms with Gasteiger partial charge in [-0.25, -0.2) is 10.2 Å². The molecule has 0 unspecified atom stereocenters. The van der Waals surface area contributed by atoms with Gasteiger partial charge in [-0.15, -0.1) is 0 Å². The number of methoxy groups -OCH3 is 2. The molecule has 1 amide bonds. The summed E-state index contributed by atoms with van der Waals surface area (Å²) in [6.45, 7) is 2.64. The summed E-state index contributed by atoms with van der Waals surface area (Å²) in [6.07, 6.45) is 2.37. The lowest BCUT2D eigenvalue weighted by Gasteiger charge is -2.12. The summed E-state index contributed by atoms with van der Waals surface area (Å²) >= 11 is 0. The van der Waals surface area contributed by atoms with Crippen LogP contribution in [0.15, 0.2) is 84.0 Å². The van der Waals surface area contributed by atoms with Crippen LogP contribution in [0.1, 0.15) is 39.6 Å². The van der Waals surface area contributed by atoms with E-state index in [-0.39, 0.29) is 5.91 Å². The van der Waals surface area contributed by atoms with E-state index >= 15 is 0 Å².